The fourth-order valence-corrected chi connectivity index (χ4v) is 3.11. The maximum absolute atomic E-state index is 12.4. The van der Waals surface area contributed by atoms with Crippen LogP contribution in [0, 0.1) is 0 Å². The van der Waals surface area contributed by atoms with Crippen molar-refractivity contribution in [3.05, 3.63) is 40.9 Å². The molecule has 0 aliphatic carbocycles. The summed E-state index contributed by atoms with van der Waals surface area (Å²) >= 11 is 3.26. The fraction of sp³-hybridized carbons (Fsp3) is 0.467. The van der Waals surface area contributed by atoms with Gasteiger partial charge in [-0.05, 0) is 30.2 Å². The second kappa shape index (κ2) is 8.92. The van der Waals surface area contributed by atoms with Crippen LogP contribution in [0.1, 0.15) is 18.0 Å². The first-order valence-electron chi connectivity index (χ1n) is 7.01. The van der Waals surface area contributed by atoms with E-state index in [1.807, 2.05) is 6.07 Å². The van der Waals surface area contributed by atoms with Gasteiger partial charge >= 0.3 is 6.36 Å². The second-order valence-electron chi connectivity index (χ2n) is 5.09. The van der Waals surface area contributed by atoms with E-state index in [1.165, 1.54) is 12.1 Å². The molecule has 0 bridgehead atoms. The van der Waals surface area contributed by atoms with Gasteiger partial charge in [0, 0.05) is 36.7 Å². The summed E-state index contributed by atoms with van der Waals surface area (Å²) in [5, 5.41) is 3.27. The average Bonchev–Trinajstić information content (AvgIpc) is 2.43. The SMILES string of the molecule is C=CC[C@H](c1cc(Br)cc(OC(F)(F)F)c1)N1CCNCC1.Cl. The van der Waals surface area contributed by atoms with E-state index in [0.29, 0.717) is 10.9 Å². The Balaban J connectivity index is 0.00000264. The van der Waals surface area contributed by atoms with Gasteiger partial charge in [0.05, 0.1) is 0 Å². The van der Waals surface area contributed by atoms with Crippen LogP contribution in [0.25, 0.3) is 0 Å². The molecule has 0 radical (unpaired) electrons. The highest BCUT2D eigenvalue weighted by Gasteiger charge is 2.32. The third kappa shape index (κ3) is 6.33. The minimum atomic E-state index is -4.69. The highest BCUT2D eigenvalue weighted by molar-refractivity contribution is 9.10. The third-order valence-electron chi connectivity index (χ3n) is 3.49. The van der Waals surface area contributed by atoms with Gasteiger partial charge in [0.25, 0.3) is 0 Å². The van der Waals surface area contributed by atoms with Crippen LogP contribution in [0.3, 0.4) is 0 Å². The smallest absolute Gasteiger partial charge is 0.406 e. The molecule has 1 saturated heterocycles. The van der Waals surface area contributed by atoms with Crippen molar-refractivity contribution in [2.45, 2.75) is 18.8 Å². The zero-order valence-corrected chi connectivity index (χ0v) is 14.8. The normalized spacial score (nSPS) is 17.2. The Kier molecular flexibility index (Phi) is 7.86. The molecule has 1 atom stereocenters. The quantitative estimate of drug-likeness (QED) is 0.726. The Hall–Kier alpha value is -0.760. The molecule has 0 saturated carbocycles. The number of piperazine rings is 1. The lowest BCUT2D eigenvalue weighted by Gasteiger charge is -2.35. The second-order valence-corrected chi connectivity index (χ2v) is 6.01. The summed E-state index contributed by atoms with van der Waals surface area (Å²) in [5.74, 6) is -0.207. The number of halogens is 5. The van der Waals surface area contributed by atoms with E-state index < -0.39 is 6.36 Å². The Bertz CT molecular complexity index is 522. The number of rotatable bonds is 5. The van der Waals surface area contributed by atoms with Gasteiger partial charge in [0.1, 0.15) is 5.75 Å². The van der Waals surface area contributed by atoms with Gasteiger partial charge in [0.2, 0.25) is 0 Å². The lowest BCUT2D eigenvalue weighted by atomic mass is 10.0. The number of nitrogens with one attached hydrogen (secondary N) is 1. The summed E-state index contributed by atoms with van der Waals surface area (Å²) in [7, 11) is 0. The van der Waals surface area contributed by atoms with Crippen LogP contribution in [-0.4, -0.2) is 37.4 Å². The molecule has 0 aromatic heterocycles. The summed E-state index contributed by atoms with van der Waals surface area (Å²) in [6.07, 6.45) is -2.24. The number of hydrogen-bond donors (Lipinski definition) is 1. The standard InChI is InChI=1S/C15H18BrF3N2O.ClH/c1-2-3-14(21-6-4-20-5-7-21)11-8-12(16)10-13(9-11)22-15(17,18)19;/h2,8-10,14,20H,1,3-7H2;1H/t14-;/m1./s1. The van der Waals surface area contributed by atoms with Crippen LogP contribution >= 0.6 is 28.3 Å². The number of benzene rings is 1. The van der Waals surface area contributed by atoms with Gasteiger partial charge in [-0.3, -0.25) is 4.90 Å². The Morgan fingerprint density at radius 3 is 2.52 bits per heavy atom. The largest absolute Gasteiger partial charge is 0.573 e. The molecule has 0 unspecified atom stereocenters. The van der Waals surface area contributed by atoms with Crippen molar-refractivity contribution in [2.24, 2.45) is 0 Å². The minimum Gasteiger partial charge on any atom is -0.406 e. The molecule has 1 heterocycles. The maximum atomic E-state index is 12.4. The Morgan fingerprint density at radius 1 is 1.30 bits per heavy atom. The molecule has 3 nitrogen and oxygen atoms in total. The number of nitrogens with zero attached hydrogens (tertiary/aromatic N) is 1. The lowest BCUT2D eigenvalue weighted by molar-refractivity contribution is -0.274. The predicted molar refractivity (Wildman–Crippen MR) is 90.1 cm³/mol. The van der Waals surface area contributed by atoms with E-state index in [1.54, 1.807) is 6.08 Å². The first-order chi connectivity index (χ1) is 10.4. The molecular formula is C15H19BrClF3N2O. The van der Waals surface area contributed by atoms with Crippen molar-refractivity contribution >= 4 is 28.3 Å². The number of alkyl halides is 3. The summed E-state index contributed by atoms with van der Waals surface area (Å²) < 4.78 is 41.9. The van der Waals surface area contributed by atoms with Crippen LogP contribution in [0.15, 0.2) is 35.3 Å². The summed E-state index contributed by atoms with van der Waals surface area (Å²) in [5.41, 5.74) is 0.787. The highest BCUT2D eigenvalue weighted by atomic mass is 79.9. The monoisotopic (exact) mass is 414 g/mol. The van der Waals surface area contributed by atoms with E-state index in [4.69, 9.17) is 0 Å². The van der Waals surface area contributed by atoms with E-state index in [9.17, 15) is 13.2 Å². The molecule has 1 aliphatic heterocycles. The van der Waals surface area contributed by atoms with Crippen molar-refractivity contribution in [1.29, 1.82) is 0 Å². The molecule has 0 amide bonds. The first-order valence-corrected chi connectivity index (χ1v) is 7.80. The molecular weight excluding hydrogens is 397 g/mol. The molecule has 1 aromatic carbocycles. The van der Waals surface area contributed by atoms with Gasteiger partial charge in [-0.2, -0.15) is 0 Å². The molecule has 1 fully saturated rings. The van der Waals surface area contributed by atoms with E-state index in [2.05, 4.69) is 37.5 Å². The lowest BCUT2D eigenvalue weighted by Crippen LogP contribution is -2.45. The first kappa shape index (κ1) is 20.3. The molecule has 0 spiro atoms. The van der Waals surface area contributed by atoms with Crippen LogP contribution in [0.2, 0.25) is 0 Å². The predicted octanol–water partition coefficient (Wildman–Crippen LogP) is 4.29. The van der Waals surface area contributed by atoms with E-state index >= 15 is 0 Å². The van der Waals surface area contributed by atoms with Crippen LogP contribution in [0.5, 0.6) is 5.75 Å². The van der Waals surface area contributed by atoms with E-state index in [-0.39, 0.29) is 24.2 Å². The van der Waals surface area contributed by atoms with E-state index in [0.717, 1.165) is 31.7 Å². The highest BCUT2D eigenvalue weighted by Crippen LogP contribution is 2.33. The molecule has 8 heteroatoms. The van der Waals surface area contributed by atoms with Gasteiger partial charge in [-0.1, -0.05) is 22.0 Å². The number of hydrogen-bond acceptors (Lipinski definition) is 3. The Labute approximate surface area is 148 Å². The molecule has 1 aromatic rings. The molecule has 2 rings (SSSR count). The van der Waals surface area contributed by atoms with Gasteiger partial charge in [0.15, 0.2) is 0 Å². The molecule has 23 heavy (non-hydrogen) atoms. The summed E-state index contributed by atoms with van der Waals surface area (Å²) in [6, 6.07) is 4.60. The zero-order chi connectivity index (χ0) is 16.2. The van der Waals surface area contributed by atoms with Crippen molar-refractivity contribution in [3.8, 4) is 5.75 Å². The minimum absolute atomic E-state index is 0. The summed E-state index contributed by atoms with van der Waals surface area (Å²) in [4.78, 5) is 2.25. The van der Waals surface area contributed by atoms with Gasteiger partial charge in [-0.15, -0.1) is 32.2 Å². The van der Waals surface area contributed by atoms with Crippen LogP contribution in [0.4, 0.5) is 13.2 Å². The topological polar surface area (TPSA) is 24.5 Å². The zero-order valence-electron chi connectivity index (χ0n) is 12.4. The van der Waals surface area contributed by atoms with Crippen molar-refractivity contribution in [2.75, 3.05) is 26.2 Å². The number of ether oxygens (including phenoxy) is 1. The fourth-order valence-electron chi connectivity index (χ4n) is 2.62. The summed E-state index contributed by atoms with van der Waals surface area (Å²) in [6.45, 7) is 7.19. The Morgan fingerprint density at radius 2 is 1.96 bits per heavy atom. The molecule has 1 aliphatic rings. The van der Waals surface area contributed by atoms with Crippen molar-refractivity contribution < 1.29 is 17.9 Å². The van der Waals surface area contributed by atoms with Crippen molar-refractivity contribution in [1.82, 2.24) is 10.2 Å². The average molecular weight is 416 g/mol. The van der Waals surface area contributed by atoms with Gasteiger partial charge < -0.3 is 10.1 Å². The van der Waals surface area contributed by atoms with Crippen LogP contribution < -0.4 is 10.1 Å². The van der Waals surface area contributed by atoms with Crippen molar-refractivity contribution in [3.63, 3.8) is 0 Å². The molecule has 130 valence electrons. The van der Waals surface area contributed by atoms with Crippen LogP contribution in [-0.2, 0) is 0 Å². The third-order valence-corrected chi connectivity index (χ3v) is 3.95. The van der Waals surface area contributed by atoms with Gasteiger partial charge in [-0.25, -0.2) is 0 Å². The molecule has 1 N–H and O–H groups in total. The maximum Gasteiger partial charge on any atom is 0.573 e.